The first-order valence-electron chi connectivity index (χ1n) is 5.40. The van der Waals surface area contributed by atoms with Crippen LogP contribution in [0.15, 0.2) is 36.0 Å². The second-order valence-corrected chi connectivity index (χ2v) is 5.65. The average Bonchev–Trinajstić information content (AvgIpc) is 2.00. The van der Waals surface area contributed by atoms with Crippen LogP contribution in [0.3, 0.4) is 0 Å². The first-order valence-corrected chi connectivity index (χ1v) is 5.40. The van der Waals surface area contributed by atoms with Gasteiger partial charge >= 0.3 is 0 Å². The quantitative estimate of drug-likeness (QED) is 0.699. The number of hydrogen-bond donors (Lipinski definition) is 1. The molecule has 0 aromatic carbocycles. The highest BCUT2D eigenvalue weighted by molar-refractivity contribution is 5.32. The first kappa shape index (κ1) is 14.2. The third-order valence-electron chi connectivity index (χ3n) is 2.66. The van der Waals surface area contributed by atoms with Crippen LogP contribution in [0, 0.1) is 5.41 Å². The Morgan fingerprint density at radius 1 is 1.07 bits per heavy atom. The van der Waals surface area contributed by atoms with Crippen molar-refractivity contribution in [2.24, 2.45) is 11.1 Å². The maximum absolute atomic E-state index is 6.02. The van der Waals surface area contributed by atoms with Gasteiger partial charge in [0.05, 0.1) is 0 Å². The van der Waals surface area contributed by atoms with Gasteiger partial charge in [0.2, 0.25) is 0 Å². The molecule has 1 nitrogen and oxygen atoms in total. The number of nitrogens with two attached hydrogens (primary N) is 1. The SMILES string of the molecule is C=C/C(=C\C=C(/C)C(C)(C)C)C(C)(C)N. The molecule has 0 saturated heterocycles. The number of allylic oxidation sites excluding steroid dienone is 3. The summed E-state index contributed by atoms with van der Waals surface area (Å²) in [4.78, 5) is 0. The maximum Gasteiger partial charge on any atom is 0.0352 e. The van der Waals surface area contributed by atoms with Crippen molar-refractivity contribution in [1.82, 2.24) is 0 Å². The summed E-state index contributed by atoms with van der Waals surface area (Å²) < 4.78 is 0. The highest BCUT2D eigenvalue weighted by Crippen LogP contribution is 2.25. The second-order valence-electron chi connectivity index (χ2n) is 5.65. The van der Waals surface area contributed by atoms with Crippen LogP contribution >= 0.6 is 0 Å². The fourth-order valence-electron chi connectivity index (χ4n) is 1.01. The number of rotatable bonds is 3. The van der Waals surface area contributed by atoms with Crippen LogP contribution in [-0.2, 0) is 0 Å². The lowest BCUT2D eigenvalue weighted by Crippen LogP contribution is -2.33. The van der Waals surface area contributed by atoms with Gasteiger partial charge in [-0.25, -0.2) is 0 Å². The van der Waals surface area contributed by atoms with Gasteiger partial charge in [0, 0.05) is 5.54 Å². The zero-order valence-corrected chi connectivity index (χ0v) is 11.0. The molecule has 0 heterocycles. The van der Waals surface area contributed by atoms with E-state index < -0.39 is 0 Å². The lowest BCUT2D eigenvalue weighted by atomic mass is 9.86. The molecule has 0 radical (unpaired) electrons. The Balaban J connectivity index is 4.99. The topological polar surface area (TPSA) is 26.0 Å². The molecule has 1 heteroatoms. The normalized spacial score (nSPS) is 15.4. The van der Waals surface area contributed by atoms with Crippen LogP contribution in [0.1, 0.15) is 41.5 Å². The van der Waals surface area contributed by atoms with Gasteiger partial charge in [-0.2, -0.15) is 0 Å². The van der Waals surface area contributed by atoms with E-state index in [2.05, 4.69) is 46.4 Å². The van der Waals surface area contributed by atoms with Crippen molar-refractivity contribution in [3.05, 3.63) is 36.0 Å². The summed E-state index contributed by atoms with van der Waals surface area (Å²) >= 11 is 0. The third kappa shape index (κ3) is 4.98. The third-order valence-corrected chi connectivity index (χ3v) is 2.66. The highest BCUT2D eigenvalue weighted by Gasteiger charge is 2.15. The van der Waals surface area contributed by atoms with E-state index >= 15 is 0 Å². The molecule has 0 unspecified atom stereocenters. The standard InChI is InChI=1S/C14H25N/c1-8-12(14(6,7)15)10-9-11(2)13(3,4)5/h8-10H,1,15H2,2-7H3/b11-9+,12-10+. The molecule has 0 rings (SSSR count). The monoisotopic (exact) mass is 207 g/mol. The molecular formula is C14H25N. The molecule has 0 saturated carbocycles. The molecule has 0 aliphatic rings. The molecular weight excluding hydrogens is 182 g/mol. The number of hydrogen-bond acceptors (Lipinski definition) is 1. The summed E-state index contributed by atoms with van der Waals surface area (Å²) in [7, 11) is 0. The molecule has 0 spiro atoms. The van der Waals surface area contributed by atoms with Gasteiger partial charge in [0.1, 0.15) is 0 Å². The van der Waals surface area contributed by atoms with Gasteiger partial charge in [0.25, 0.3) is 0 Å². The molecule has 15 heavy (non-hydrogen) atoms. The highest BCUT2D eigenvalue weighted by atomic mass is 14.7. The van der Waals surface area contributed by atoms with Gasteiger partial charge < -0.3 is 5.73 Å². The van der Waals surface area contributed by atoms with E-state index in [1.165, 1.54) is 5.57 Å². The Kier molecular flexibility index (Phi) is 4.54. The Hall–Kier alpha value is -0.820. The molecule has 0 fully saturated rings. The Bertz CT molecular complexity index is 279. The predicted octanol–water partition coefficient (Wildman–Crippen LogP) is 3.83. The Morgan fingerprint density at radius 3 is 1.80 bits per heavy atom. The molecule has 0 aliphatic carbocycles. The van der Waals surface area contributed by atoms with Crippen molar-refractivity contribution >= 4 is 0 Å². The summed E-state index contributed by atoms with van der Waals surface area (Å²) in [5, 5.41) is 0. The molecule has 0 aromatic heterocycles. The van der Waals surface area contributed by atoms with Crippen LogP contribution in [0.5, 0.6) is 0 Å². The smallest absolute Gasteiger partial charge is 0.0352 e. The van der Waals surface area contributed by atoms with E-state index in [9.17, 15) is 0 Å². The second kappa shape index (κ2) is 4.80. The molecule has 0 aromatic rings. The fraction of sp³-hybridized carbons (Fsp3) is 0.571. The van der Waals surface area contributed by atoms with Crippen LogP contribution in [0.4, 0.5) is 0 Å². The van der Waals surface area contributed by atoms with Crippen LogP contribution < -0.4 is 5.73 Å². The van der Waals surface area contributed by atoms with E-state index in [-0.39, 0.29) is 11.0 Å². The average molecular weight is 207 g/mol. The van der Waals surface area contributed by atoms with E-state index in [4.69, 9.17) is 5.73 Å². The minimum absolute atomic E-state index is 0.210. The van der Waals surface area contributed by atoms with Crippen molar-refractivity contribution in [2.75, 3.05) is 0 Å². The summed E-state index contributed by atoms with van der Waals surface area (Å²) in [5.74, 6) is 0. The van der Waals surface area contributed by atoms with Crippen molar-refractivity contribution in [1.29, 1.82) is 0 Å². The lowest BCUT2D eigenvalue weighted by Gasteiger charge is -2.21. The predicted molar refractivity (Wildman–Crippen MR) is 69.8 cm³/mol. The molecule has 0 amide bonds. The minimum Gasteiger partial charge on any atom is -0.322 e. The largest absolute Gasteiger partial charge is 0.322 e. The van der Waals surface area contributed by atoms with Crippen LogP contribution in [0.2, 0.25) is 0 Å². The van der Waals surface area contributed by atoms with Gasteiger partial charge in [0.15, 0.2) is 0 Å². The maximum atomic E-state index is 6.02. The van der Waals surface area contributed by atoms with Crippen molar-refractivity contribution in [3.63, 3.8) is 0 Å². The van der Waals surface area contributed by atoms with Crippen molar-refractivity contribution < 1.29 is 0 Å². The zero-order chi connectivity index (χ0) is 12.3. The summed E-state index contributed by atoms with van der Waals surface area (Å²) in [5.41, 5.74) is 8.30. The molecule has 86 valence electrons. The van der Waals surface area contributed by atoms with Gasteiger partial charge in [-0.15, -0.1) is 0 Å². The van der Waals surface area contributed by atoms with Gasteiger partial charge in [-0.1, -0.05) is 51.2 Å². The summed E-state index contributed by atoms with van der Waals surface area (Å²) in [6.45, 7) is 16.5. The Labute approximate surface area is 94.8 Å². The first-order chi connectivity index (χ1) is 6.59. The van der Waals surface area contributed by atoms with Crippen molar-refractivity contribution in [2.45, 2.75) is 47.1 Å². The van der Waals surface area contributed by atoms with Crippen LogP contribution in [-0.4, -0.2) is 5.54 Å². The molecule has 0 bridgehead atoms. The fourth-order valence-corrected chi connectivity index (χ4v) is 1.01. The summed E-state index contributed by atoms with van der Waals surface area (Å²) in [6.07, 6.45) is 6.02. The van der Waals surface area contributed by atoms with E-state index in [1.807, 2.05) is 19.9 Å². The minimum atomic E-state index is -0.323. The molecule has 0 aliphatic heterocycles. The molecule has 0 atom stereocenters. The van der Waals surface area contributed by atoms with Crippen LogP contribution in [0.25, 0.3) is 0 Å². The van der Waals surface area contributed by atoms with Crippen molar-refractivity contribution in [3.8, 4) is 0 Å². The van der Waals surface area contributed by atoms with E-state index in [0.29, 0.717) is 0 Å². The lowest BCUT2D eigenvalue weighted by molar-refractivity contribution is 0.504. The Morgan fingerprint density at radius 2 is 1.53 bits per heavy atom. The summed E-state index contributed by atoms with van der Waals surface area (Å²) in [6, 6.07) is 0. The molecule has 2 N–H and O–H groups in total. The zero-order valence-electron chi connectivity index (χ0n) is 11.0. The van der Waals surface area contributed by atoms with Gasteiger partial charge in [-0.05, 0) is 31.8 Å². The van der Waals surface area contributed by atoms with E-state index in [0.717, 1.165) is 5.57 Å². The van der Waals surface area contributed by atoms with Gasteiger partial charge in [-0.3, -0.25) is 0 Å². The van der Waals surface area contributed by atoms with E-state index in [1.54, 1.807) is 0 Å².